The van der Waals surface area contributed by atoms with E-state index in [0.29, 0.717) is 94.0 Å². The van der Waals surface area contributed by atoms with E-state index in [-0.39, 0.29) is 45.1 Å². The molecule has 1 spiro atoms. The van der Waals surface area contributed by atoms with Crippen LogP contribution in [0.15, 0.2) is 41.3 Å². The number of anilines is 1. The maximum Gasteiger partial charge on any atom is 0.416 e. The van der Waals surface area contributed by atoms with Gasteiger partial charge in [0, 0.05) is 36.0 Å². The molecule has 1 saturated heterocycles. The highest BCUT2D eigenvalue weighted by molar-refractivity contribution is 6.39. The Morgan fingerprint density at radius 2 is 1.84 bits per heavy atom. The molecule has 1 aromatic carbocycles. The van der Waals surface area contributed by atoms with Crippen LogP contribution in [-0.4, -0.2) is 72.3 Å². The van der Waals surface area contributed by atoms with Gasteiger partial charge in [0.25, 0.3) is 11.5 Å². The second kappa shape index (κ2) is 13.0. The number of nitrogens with one attached hydrogen (secondary N) is 1. The van der Waals surface area contributed by atoms with Gasteiger partial charge in [0.1, 0.15) is 12.3 Å². The van der Waals surface area contributed by atoms with E-state index >= 15 is 0 Å². The second-order valence-electron chi connectivity index (χ2n) is 12.6. The number of piperidine rings is 1. The molecule has 4 aromatic rings. The number of hydrogen-bond acceptors (Lipinski definition) is 8. The summed E-state index contributed by atoms with van der Waals surface area (Å²) in [5.74, 6) is -0.840. The largest absolute Gasteiger partial charge is 0.505 e. The van der Waals surface area contributed by atoms with Crippen LogP contribution in [0, 0.1) is 0 Å². The molecule has 0 atom stereocenters. The summed E-state index contributed by atoms with van der Waals surface area (Å²) in [6.45, 7) is 1.03. The predicted octanol–water partition coefficient (Wildman–Crippen LogP) is 5.27. The molecule has 0 unspecified atom stereocenters. The van der Waals surface area contributed by atoms with Gasteiger partial charge >= 0.3 is 6.18 Å². The molecule has 2 aliphatic heterocycles. The quantitative estimate of drug-likeness (QED) is 0.283. The normalized spacial score (nSPS) is 17.5. The van der Waals surface area contributed by atoms with Crippen molar-refractivity contribution in [2.45, 2.75) is 56.7 Å². The summed E-state index contributed by atoms with van der Waals surface area (Å²) in [6.07, 6.45) is 1.76. The first-order valence-electron chi connectivity index (χ1n) is 16.0. The number of nitrogens with zero attached hydrogens (tertiary/aromatic N) is 6. The standard InChI is InChI=1S/C33H30Cl2F3N7O5/c34-20-15-19(33(36,37)38)16-21(35)26(20)40-24(47)17-44-22-3-1-7-32(8-11-43(12-9-32)30(49)27-23(46)4-2-10-39-27)25(22)29(48)45-31(44)41-28(42-45)18-5-13-50-14-6-18/h2,4-5,10,15-16,46H,1,3,6-9,11-14,17H2,(H,40,47). The van der Waals surface area contributed by atoms with Gasteiger partial charge < -0.3 is 24.6 Å². The average molecular weight is 733 g/mol. The summed E-state index contributed by atoms with van der Waals surface area (Å²) in [6, 6.07) is 4.30. The molecule has 0 saturated carbocycles. The van der Waals surface area contributed by atoms with Crippen LogP contribution in [0.25, 0.3) is 11.4 Å². The van der Waals surface area contributed by atoms with Crippen molar-refractivity contribution in [3.8, 4) is 5.75 Å². The fourth-order valence-corrected chi connectivity index (χ4v) is 7.75. The third-order valence-electron chi connectivity index (χ3n) is 9.63. The van der Waals surface area contributed by atoms with Crippen molar-refractivity contribution in [1.29, 1.82) is 0 Å². The molecule has 2 N–H and O–H groups in total. The van der Waals surface area contributed by atoms with Crippen LogP contribution in [0.1, 0.15) is 65.2 Å². The number of benzene rings is 1. The summed E-state index contributed by atoms with van der Waals surface area (Å²) in [7, 11) is 0. The van der Waals surface area contributed by atoms with Crippen LogP contribution in [0.4, 0.5) is 18.9 Å². The Morgan fingerprint density at radius 3 is 2.50 bits per heavy atom. The Labute approximate surface area is 292 Å². The minimum absolute atomic E-state index is 0.0478. The van der Waals surface area contributed by atoms with E-state index in [2.05, 4.69) is 15.4 Å². The maximum atomic E-state index is 14.4. The summed E-state index contributed by atoms with van der Waals surface area (Å²) in [4.78, 5) is 51.6. The van der Waals surface area contributed by atoms with Crippen LogP contribution in [0.3, 0.4) is 0 Å². The van der Waals surface area contributed by atoms with E-state index in [1.807, 2.05) is 6.08 Å². The Kier molecular flexibility index (Phi) is 8.85. The molecule has 3 aliphatic rings. The summed E-state index contributed by atoms with van der Waals surface area (Å²) < 4.78 is 48.2. The van der Waals surface area contributed by atoms with E-state index < -0.39 is 29.0 Å². The Bertz CT molecular complexity index is 2100. The van der Waals surface area contributed by atoms with Crippen molar-refractivity contribution in [2.75, 3.05) is 31.6 Å². The lowest BCUT2D eigenvalue weighted by atomic mass is 9.66. The molecule has 1 aliphatic carbocycles. The SMILES string of the molecule is O=C(Cn1c2c(c(=O)n3nc(C4=CCOCC4)nc13)C1(CCC2)CCN(C(=O)c2ncccc2O)CC1)Nc1c(Cl)cc(C(F)(F)F)cc1Cl. The number of likely N-dealkylation sites (tertiary alicyclic amines) is 1. The van der Waals surface area contributed by atoms with Crippen molar-refractivity contribution in [3.63, 3.8) is 0 Å². The van der Waals surface area contributed by atoms with Crippen LogP contribution in [0.2, 0.25) is 10.0 Å². The van der Waals surface area contributed by atoms with Gasteiger partial charge in [0.05, 0.1) is 34.5 Å². The first-order chi connectivity index (χ1) is 23.9. The second-order valence-corrected chi connectivity index (χ2v) is 13.4. The number of hydrogen-bond donors (Lipinski definition) is 2. The minimum atomic E-state index is -4.69. The van der Waals surface area contributed by atoms with Crippen molar-refractivity contribution in [1.82, 2.24) is 29.0 Å². The topological polar surface area (TPSA) is 144 Å². The predicted molar refractivity (Wildman–Crippen MR) is 176 cm³/mol. The first-order valence-corrected chi connectivity index (χ1v) is 16.7. The molecule has 12 nitrogen and oxygen atoms in total. The number of aromatic hydroxyl groups is 1. The molecule has 7 rings (SSSR count). The van der Waals surface area contributed by atoms with Gasteiger partial charge in [-0.2, -0.15) is 22.7 Å². The summed E-state index contributed by atoms with van der Waals surface area (Å²) in [5.41, 5.74) is -0.438. The zero-order valence-electron chi connectivity index (χ0n) is 26.4. The van der Waals surface area contributed by atoms with Crippen molar-refractivity contribution in [2.24, 2.45) is 0 Å². The zero-order valence-corrected chi connectivity index (χ0v) is 27.9. The Balaban J connectivity index is 1.27. The number of carbonyl (C=O) groups excluding carboxylic acids is 2. The van der Waals surface area contributed by atoms with E-state index in [1.165, 1.54) is 22.8 Å². The highest BCUT2D eigenvalue weighted by Crippen LogP contribution is 2.44. The lowest BCUT2D eigenvalue weighted by Gasteiger charge is -2.45. The van der Waals surface area contributed by atoms with Crippen LogP contribution in [-0.2, 0) is 34.1 Å². The van der Waals surface area contributed by atoms with Gasteiger partial charge in [0.15, 0.2) is 11.5 Å². The number of halogens is 5. The van der Waals surface area contributed by atoms with Gasteiger partial charge in [-0.1, -0.05) is 29.3 Å². The lowest BCUT2D eigenvalue weighted by Crippen LogP contribution is -2.50. The third-order valence-corrected chi connectivity index (χ3v) is 10.2. The third kappa shape index (κ3) is 6.11. The summed E-state index contributed by atoms with van der Waals surface area (Å²) >= 11 is 12.3. The fraction of sp³-hybridized carbons (Fsp3) is 0.394. The zero-order chi connectivity index (χ0) is 35.4. The molecule has 262 valence electrons. The minimum Gasteiger partial charge on any atom is -0.505 e. The molecule has 0 radical (unpaired) electrons. The van der Waals surface area contributed by atoms with E-state index in [4.69, 9.17) is 32.9 Å². The Hall–Kier alpha value is -4.47. The van der Waals surface area contributed by atoms with Gasteiger partial charge in [-0.25, -0.2) is 4.98 Å². The molecular formula is C33H30Cl2F3N7O5. The lowest BCUT2D eigenvalue weighted by molar-refractivity contribution is -0.137. The fourth-order valence-electron chi connectivity index (χ4n) is 7.17. The number of carbonyl (C=O) groups is 2. The molecular weight excluding hydrogens is 702 g/mol. The smallest absolute Gasteiger partial charge is 0.416 e. The molecule has 5 heterocycles. The molecule has 2 amide bonds. The number of pyridine rings is 1. The average Bonchev–Trinajstić information content (AvgIpc) is 3.55. The maximum absolute atomic E-state index is 14.4. The first kappa shape index (κ1) is 34.0. The highest BCUT2D eigenvalue weighted by atomic mass is 35.5. The monoisotopic (exact) mass is 731 g/mol. The number of alkyl halides is 3. The number of amides is 2. The van der Waals surface area contributed by atoms with Crippen molar-refractivity contribution < 1.29 is 32.6 Å². The Morgan fingerprint density at radius 1 is 1.10 bits per heavy atom. The van der Waals surface area contributed by atoms with Gasteiger partial charge in [-0.05, 0) is 68.4 Å². The van der Waals surface area contributed by atoms with E-state index in [0.717, 1.165) is 5.57 Å². The van der Waals surface area contributed by atoms with Crippen LogP contribution < -0.4 is 10.9 Å². The number of ether oxygens (including phenoxy) is 1. The highest BCUT2D eigenvalue weighted by Gasteiger charge is 2.45. The number of rotatable bonds is 5. The molecule has 17 heteroatoms. The summed E-state index contributed by atoms with van der Waals surface area (Å²) in [5, 5.41) is 16.6. The van der Waals surface area contributed by atoms with E-state index in [1.54, 1.807) is 9.47 Å². The molecule has 1 fully saturated rings. The molecule has 0 bridgehead atoms. The van der Waals surface area contributed by atoms with Crippen molar-refractivity contribution in [3.05, 3.63) is 85.3 Å². The van der Waals surface area contributed by atoms with Crippen LogP contribution in [0.5, 0.6) is 5.75 Å². The molecule has 50 heavy (non-hydrogen) atoms. The van der Waals surface area contributed by atoms with Crippen molar-refractivity contribution >= 4 is 52.1 Å². The van der Waals surface area contributed by atoms with Gasteiger partial charge in [0.2, 0.25) is 11.7 Å². The molecule has 3 aromatic heterocycles. The number of fused-ring (bicyclic) bond motifs is 3. The van der Waals surface area contributed by atoms with Gasteiger partial charge in [-0.3, -0.25) is 14.4 Å². The number of aromatic nitrogens is 5. The van der Waals surface area contributed by atoms with Gasteiger partial charge in [-0.15, -0.1) is 5.10 Å². The van der Waals surface area contributed by atoms with Crippen LogP contribution >= 0.6 is 23.2 Å². The van der Waals surface area contributed by atoms with E-state index in [9.17, 15) is 32.7 Å².